The predicted octanol–water partition coefficient (Wildman–Crippen LogP) is 2.31. The number of aliphatic hydroxyl groups is 1. The van der Waals surface area contributed by atoms with Gasteiger partial charge in [-0.1, -0.05) is 6.07 Å². The molecule has 32 heavy (non-hydrogen) atoms. The van der Waals surface area contributed by atoms with Crippen molar-refractivity contribution in [2.24, 2.45) is 0 Å². The van der Waals surface area contributed by atoms with Crippen LogP contribution in [0.25, 0.3) is 6.08 Å². The standard InChI is InChI=1S/C25H28N2O5/c1-26-11-10-24-21-16-4-5-18(28)22(21)32-23(24)17(7-9-25(24,30)19(26)13-16)27(2)20(29)6-3-15-8-12-31-14-15/h3-6,8,12,14,17,19,23,28,30H,7,9-11,13H2,1-2H3/b6-3+/t17-,19+,23-,24-,25+/m0/s1. The van der Waals surface area contributed by atoms with Gasteiger partial charge >= 0.3 is 0 Å². The van der Waals surface area contributed by atoms with E-state index in [1.165, 1.54) is 0 Å². The highest BCUT2D eigenvalue weighted by Gasteiger charge is 2.73. The quantitative estimate of drug-likeness (QED) is 0.719. The number of hydrogen-bond donors (Lipinski definition) is 2. The third kappa shape index (κ3) is 2.35. The molecule has 1 aromatic heterocycles. The van der Waals surface area contributed by atoms with E-state index in [1.807, 2.05) is 6.07 Å². The topological polar surface area (TPSA) is 86.4 Å². The number of amides is 1. The van der Waals surface area contributed by atoms with Gasteiger partial charge < -0.3 is 29.2 Å². The molecule has 5 atom stereocenters. The third-order valence-electron chi connectivity index (χ3n) is 8.51. The maximum atomic E-state index is 13.1. The van der Waals surface area contributed by atoms with E-state index in [4.69, 9.17) is 9.15 Å². The molecule has 1 aromatic carbocycles. The number of carbonyl (C=O) groups is 1. The lowest BCUT2D eigenvalue weighted by Gasteiger charge is -2.64. The number of benzene rings is 1. The molecule has 0 radical (unpaired) electrons. The maximum absolute atomic E-state index is 13.1. The number of furan rings is 1. The van der Waals surface area contributed by atoms with Crippen LogP contribution < -0.4 is 4.74 Å². The zero-order chi connectivity index (χ0) is 22.3. The van der Waals surface area contributed by atoms with Crippen molar-refractivity contribution in [3.63, 3.8) is 0 Å². The number of aromatic hydroxyl groups is 1. The zero-order valence-electron chi connectivity index (χ0n) is 18.3. The van der Waals surface area contributed by atoms with Crippen LogP contribution >= 0.6 is 0 Å². The zero-order valence-corrected chi connectivity index (χ0v) is 18.3. The molecule has 2 N–H and O–H groups in total. The Kier molecular flexibility index (Phi) is 4.11. The number of phenols is 1. The summed E-state index contributed by atoms with van der Waals surface area (Å²) < 4.78 is 11.6. The molecule has 2 aliphatic carbocycles. The molecule has 7 heteroatoms. The second kappa shape index (κ2) is 6.62. The number of ether oxygens (including phenoxy) is 1. The highest BCUT2D eigenvalue weighted by molar-refractivity contribution is 5.91. The number of hydrogen-bond acceptors (Lipinski definition) is 6. The highest BCUT2D eigenvalue weighted by Crippen LogP contribution is 2.65. The molecule has 3 heterocycles. The van der Waals surface area contributed by atoms with E-state index >= 15 is 0 Å². The van der Waals surface area contributed by atoms with Crippen LogP contribution in [-0.4, -0.2) is 70.3 Å². The molecule has 1 amide bonds. The first-order valence-corrected chi connectivity index (χ1v) is 11.3. The maximum Gasteiger partial charge on any atom is 0.246 e. The summed E-state index contributed by atoms with van der Waals surface area (Å²) in [5, 5.41) is 22.9. The number of rotatable bonds is 3. The number of likely N-dealkylation sites (tertiary alicyclic amines) is 1. The SMILES string of the molecule is CN1CC[C@]23c4c5ccc(O)c4O[C@H]2[C@@H](N(C)C(=O)/C=C/c2ccoc2)CC[C@@]3(O)[C@H]1C5. The summed E-state index contributed by atoms with van der Waals surface area (Å²) in [6.07, 6.45) is 8.73. The van der Waals surface area contributed by atoms with Gasteiger partial charge in [-0.25, -0.2) is 0 Å². The van der Waals surface area contributed by atoms with Crippen molar-refractivity contribution in [3.8, 4) is 11.5 Å². The molecule has 168 valence electrons. The number of carbonyl (C=O) groups excluding carboxylic acids is 1. The van der Waals surface area contributed by atoms with Gasteiger partial charge in [0.15, 0.2) is 11.5 Å². The average molecular weight is 437 g/mol. The Hall–Kier alpha value is -2.77. The lowest BCUT2D eigenvalue weighted by atomic mass is 9.48. The van der Waals surface area contributed by atoms with Gasteiger partial charge in [-0.2, -0.15) is 0 Å². The minimum Gasteiger partial charge on any atom is -0.504 e. The molecule has 2 bridgehead atoms. The Morgan fingerprint density at radius 1 is 1.31 bits per heavy atom. The van der Waals surface area contributed by atoms with Gasteiger partial charge in [0.25, 0.3) is 0 Å². The summed E-state index contributed by atoms with van der Waals surface area (Å²) >= 11 is 0. The van der Waals surface area contributed by atoms with E-state index in [-0.39, 0.29) is 23.7 Å². The molecule has 7 nitrogen and oxygen atoms in total. The van der Waals surface area contributed by atoms with Gasteiger partial charge in [-0.3, -0.25) is 4.79 Å². The van der Waals surface area contributed by atoms with E-state index in [9.17, 15) is 15.0 Å². The molecule has 4 aliphatic rings. The van der Waals surface area contributed by atoms with Crippen molar-refractivity contribution in [1.82, 2.24) is 9.80 Å². The summed E-state index contributed by atoms with van der Waals surface area (Å²) in [4.78, 5) is 17.1. The van der Waals surface area contributed by atoms with E-state index in [0.717, 1.165) is 36.1 Å². The molecular weight excluding hydrogens is 408 g/mol. The lowest BCUT2D eigenvalue weighted by Crippen LogP contribution is -2.77. The van der Waals surface area contributed by atoms with Crippen LogP contribution in [0.1, 0.15) is 36.0 Å². The Morgan fingerprint density at radius 3 is 2.94 bits per heavy atom. The fraction of sp³-hybridized carbons (Fsp3) is 0.480. The van der Waals surface area contributed by atoms with Crippen LogP contribution in [-0.2, 0) is 16.6 Å². The average Bonchev–Trinajstić information content (AvgIpc) is 3.41. The molecule has 1 saturated carbocycles. The van der Waals surface area contributed by atoms with Crippen LogP contribution in [0.5, 0.6) is 11.5 Å². The van der Waals surface area contributed by atoms with E-state index < -0.39 is 17.1 Å². The van der Waals surface area contributed by atoms with Crippen molar-refractivity contribution < 1.29 is 24.2 Å². The molecule has 2 fully saturated rings. The monoisotopic (exact) mass is 436 g/mol. The number of phenolic OH excluding ortho intramolecular Hbond substituents is 1. The summed E-state index contributed by atoms with van der Waals surface area (Å²) in [5.41, 5.74) is 1.35. The molecule has 0 unspecified atom stereocenters. The second-order valence-electron chi connectivity index (χ2n) is 9.78. The van der Waals surface area contributed by atoms with Crippen molar-refractivity contribution in [3.05, 3.63) is 53.5 Å². The third-order valence-corrected chi connectivity index (χ3v) is 8.51. The highest BCUT2D eigenvalue weighted by atomic mass is 16.5. The van der Waals surface area contributed by atoms with Crippen LogP contribution in [0.2, 0.25) is 0 Å². The minimum atomic E-state index is -0.955. The van der Waals surface area contributed by atoms with Crippen molar-refractivity contribution in [2.45, 2.75) is 54.9 Å². The fourth-order valence-electron chi connectivity index (χ4n) is 6.94. The first-order valence-electron chi connectivity index (χ1n) is 11.3. The molecular formula is C25H28N2O5. The Labute approximate surface area is 186 Å². The first kappa shape index (κ1) is 19.9. The Morgan fingerprint density at radius 2 is 2.16 bits per heavy atom. The minimum absolute atomic E-state index is 0.00622. The molecule has 1 saturated heterocycles. The van der Waals surface area contributed by atoms with E-state index in [2.05, 4.69) is 11.9 Å². The van der Waals surface area contributed by atoms with Gasteiger partial charge in [-0.15, -0.1) is 0 Å². The van der Waals surface area contributed by atoms with Crippen molar-refractivity contribution in [1.29, 1.82) is 0 Å². The largest absolute Gasteiger partial charge is 0.504 e. The van der Waals surface area contributed by atoms with Gasteiger partial charge in [0.05, 0.1) is 29.6 Å². The lowest BCUT2D eigenvalue weighted by molar-refractivity contribution is -0.195. The normalized spacial score (nSPS) is 34.9. The summed E-state index contributed by atoms with van der Waals surface area (Å²) in [6, 6.07) is 5.25. The molecule has 1 spiro atoms. The van der Waals surface area contributed by atoms with Crippen molar-refractivity contribution in [2.75, 3.05) is 20.6 Å². The van der Waals surface area contributed by atoms with Gasteiger partial charge in [0, 0.05) is 30.3 Å². The van der Waals surface area contributed by atoms with Crippen LogP contribution in [0, 0.1) is 0 Å². The number of piperidine rings is 1. The molecule has 2 aliphatic heterocycles. The number of likely N-dealkylation sites (N-methyl/N-ethyl adjacent to an activating group) is 2. The van der Waals surface area contributed by atoms with Crippen LogP contribution in [0.15, 0.2) is 41.2 Å². The smallest absolute Gasteiger partial charge is 0.246 e. The van der Waals surface area contributed by atoms with E-state index in [1.54, 1.807) is 48.8 Å². The van der Waals surface area contributed by atoms with Gasteiger partial charge in [0.2, 0.25) is 5.91 Å². The molecule has 2 aromatic rings. The van der Waals surface area contributed by atoms with Crippen LogP contribution in [0.3, 0.4) is 0 Å². The second-order valence-corrected chi connectivity index (χ2v) is 9.78. The number of nitrogens with zero attached hydrogens (tertiary/aromatic N) is 2. The van der Waals surface area contributed by atoms with E-state index in [0.29, 0.717) is 18.6 Å². The van der Waals surface area contributed by atoms with Crippen LogP contribution in [0.4, 0.5) is 0 Å². The Bertz CT molecular complexity index is 1110. The van der Waals surface area contributed by atoms with Gasteiger partial charge in [0.1, 0.15) is 6.10 Å². The fourth-order valence-corrected chi connectivity index (χ4v) is 6.94. The van der Waals surface area contributed by atoms with Crippen molar-refractivity contribution >= 4 is 12.0 Å². The Balaban J connectivity index is 1.42. The summed E-state index contributed by atoms with van der Waals surface area (Å²) in [6.45, 7) is 0.839. The first-order chi connectivity index (χ1) is 15.4. The van der Waals surface area contributed by atoms with Gasteiger partial charge in [-0.05, 0) is 63.0 Å². The summed E-state index contributed by atoms with van der Waals surface area (Å²) in [5.74, 6) is 0.484. The summed E-state index contributed by atoms with van der Waals surface area (Å²) in [7, 11) is 3.88. The molecule has 6 rings (SSSR count). The predicted molar refractivity (Wildman–Crippen MR) is 117 cm³/mol.